The van der Waals surface area contributed by atoms with Crippen molar-refractivity contribution in [2.24, 2.45) is 0 Å². The number of hydrogen-bond acceptors (Lipinski definition) is 3. The Labute approximate surface area is 108 Å². The second-order valence-corrected chi connectivity index (χ2v) is 4.77. The van der Waals surface area contributed by atoms with Crippen LogP contribution in [0.4, 0.5) is 0 Å². The molecule has 18 heavy (non-hydrogen) atoms. The highest BCUT2D eigenvalue weighted by Crippen LogP contribution is 2.23. The predicted molar refractivity (Wildman–Crippen MR) is 69.0 cm³/mol. The topological polar surface area (TPSA) is 42.2 Å². The molecule has 1 aromatic rings. The van der Waals surface area contributed by atoms with Crippen LogP contribution in [0.5, 0.6) is 0 Å². The Morgan fingerprint density at radius 2 is 1.94 bits per heavy atom. The van der Waals surface area contributed by atoms with Crippen molar-refractivity contribution in [2.75, 3.05) is 7.11 Å². The molecule has 0 N–H and O–H groups in total. The van der Waals surface area contributed by atoms with E-state index in [9.17, 15) is 0 Å². The van der Waals surface area contributed by atoms with Gasteiger partial charge in [-0.05, 0) is 43.4 Å². The molecule has 1 aromatic carbocycles. The Morgan fingerprint density at radius 1 is 1.22 bits per heavy atom. The molecule has 3 heteroatoms. The summed E-state index contributed by atoms with van der Waals surface area (Å²) >= 11 is 0. The van der Waals surface area contributed by atoms with Crippen molar-refractivity contribution < 1.29 is 9.47 Å². The van der Waals surface area contributed by atoms with Gasteiger partial charge in [0.25, 0.3) is 0 Å². The molecular weight excluding hydrogens is 226 g/mol. The Balaban J connectivity index is 1.81. The predicted octanol–water partition coefficient (Wildman–Crippen LogP) is 3.03. The monoisotopic (exact) mass is 245 g/mol. The third-order valence-electron chi connectivity index (χ3n) is 3.48. The van der Waals surface area contributed by atoms with Crippen LogP contribution in [-0.2, 0) is 16.1 Å². The summed E-state index contributed by atoms with van der Waals surface area (Å²) in [5.41, 5.74) is 1.81. The van der Waals surface area contributed by atoms with Gasteiger partial charge in [-0.25, -0.2) is 0 Å². The van der Waals surface area contributed by atoms with Gasteiger partial charge < -0.3 is 9.47 Å². The summed E-state index contributed by atoms with van der Waals surface area (Å²) < 4.78 is 11.3. The van der Waals surface area contributed by atoms with E-state index in [2.05, 4.69) is 6.07 Å². The lowest BCUT2D eigenvalue weighted by Crippen LogP contribution is -2.27. The number of nitriles is 1. The van der Waals surface area contributed by atoms with Gasteiger partial charge in [0.05, 0.1) is 30.4 Å². The Bertz CT molecular complexity index is 407. The van der Waals surface area contributed by atoms with Crippen LogP contribution in [0, 0.1) is 11.3 Å². The molecule has 0 bridgehead atoms. The number of rotatable bonds is 4. The van der Waals surface area contributed by atoms with Crippen molar-refractivity contribution in [3.05, 3.63) is 35.4 Å². The summed E-state index contributed by atoms with van der Waals surface area (Å²) in [7, 11) is 1.77. The van der Waals surface area contributed by atoms with Crippen molar-refractivity contribution >= 4 is 0 Å². The molecule has 0 amide bonds. The first-order chi connectivity index (χ1) is 8.81. The average molecular weight is 245 g/mol. The van der Waals surface area contributed by atoms with Crippen LogP contribution in [-0.4, -0.2) is 19.3 Å². The summed E-state index contributed by atoms with van der Waals surface area (Å²) in [6, 6.07) is 9.68. The number of ether oxygens (including phenoxy) is 2. The van der Waals surface area contributed by atoms with Crippen molar-refractivity contribution in [3.8, 4) is 6.07 Å². The fraction of sp³-hybridized carbons (Fsp3) is 0.533. The van der Waals surface area contributed by atoms with Gasteiger partial charge in [-0.1, -0.05) is 12.1 Å². The largest absolute Gasteiger partial charge is 0.381 e. The van der Waals surface area contributed by atoms with Gasteiger partial charge in [0.2, 0.25) is 0 Å². The highest BCUT2D eigenvalue weighted by atomic mass is 16.5. The lowest BCUT2D eigenvalue weighted by atomic mass is 9.95. The van der Waals surface area contributed by atoms with Crippen LogP contribution in [0.25, 0.3) is 0 Å². The van der Waals surface area contributed by atoms with Gasteiger partial charge in [0.15, 0.2) is 0 Å². The van der Waals surface area contributed by atoms with E-state index in [1.54, 1.807) is 7.11 Å². The number of nitrogens with zero attached hydrogens (tertiary/aromatic N) is 1. The Kier molecular flexibility index (Phi) is 4.74. The van der Waals surface area contributed by atoms with Gasteiger partial charge in [-0.3, -0.25) is 0 Å². The maximum absolute atomic E-state index is 8.72. The maximum Gasteiger partial charge on any atom is 0.0991 e. The lowest BCUT2D eigenvalue weighted by molar-refractivity contribution is -0.0363. The molecule has 0 spiro atoms. The van der Waals surface area contributed by atoms with Gasteiger partial charge in [0.1, 0.15) is 0 Å². The zero-order valence-corrected chi connectivity index (χ0v) is 10.8. The molecule has 0 aromatic heterocycles. The molecule has 96 valence electrons. The maximum atomic E-state index is 8.72. The highest BCUT2D eigenvalue weighted by molar-refractivity contribution is 5.31. The fourth-order valence-corrected chi connectivity index (χ4v) is 2.36. The van der Waals surface area contributed by atoms with Gasteiger partial charge in [-0.2, -0.15) is 5.26 Å². The van der Waals surface area contributed by atoms with Crippen molar-refractivity contribution in [2.45, 2.75) is 44.5 Å². The zero-order chi connectivity index (χ0) is 12.8. The SMILES string of the molecule is COC1CCCC(OCc2ccc(C#N)cc2)C1. The van der Waals surface area contributed by atoms with Crippen molar-refractivity contribution in [1.29, 1.82) is 5.26 Å². The van der Waals surface area contributed by atoms with Gasteiger partial charge in [-0.15, -0.1) is 0 Å². The van der Waals surface area contributed by atoms with E-state index in [1.165, 1.54) is 6.42 Å². The van der Waals surface area contributed by atoms with E-state index in [4.69, 9.17) is 14.7 Å². The fourth-order valence-electron chi connectivity index (χ4n) is 2.36. The summed E-state index contributed by atoms with van der Waals surface area (Å²) in [4.78, 5) is 0. The van der Waals surface area contributed by atoms with Crippen LogP contribution in [0.2, 0.25) is 0 Å². The van der Waals surface area contributed by atoms with E-state index in [-0.39, 0.29) is 0 Å². The van der Waals surface area contributed by atoms with Crippen LogP contribution >= 0.6 is 0 Å². The van der Waals surface area contributed by atoms with E-state index in [0.29, 0.717) is 24.4 Å². The van der Waals surface area contributed by atoms with E-state index < -0.39 is 0 Å². The average Bonchev–Trinajstić information content (AvgIpc) is 2.46. The number of hydrogen-bond donors (Lipinski definition) is 0. The van der Waals surface area contributed by atoms with Crippen LogP contribution in [0.1, 0.15) is 36.8 Å². The van der Waals surface area contributed by atoms with E-state index in [0.717, 1.165) is 24.8 Å². The molecule has 0 aliphatic heterocycles. The number of benzene rings is 1. The van der Waals surface area contributed by atoms with Crippen LogP contribution in [0.15, 0.2) is 24.3 Å². The van der Waals surface area contributed by atoms with Crippen molar-refractivity contribution in [3.63, 3.8) is 0 Å². The molecule has 1 aliphatic carbocycles. The molecule has 0 heterocycles. The van der Waals surface area contributed by atoms with Crippen LogP contribution in [0.3, 0.4) is 0 Å². The summed E-state index contributed by atoms with van der Waals surface area (Å²) in [6.45, 7) is 0.618. The van der Waals surface area contributed by atoms with E-state index in [1.807, 2.05) is 24.3 Å². The third kappa shape index (κ3) is 3.56. The Hall–Kier alpha value is -1.37. The summed E-state index contributed by atoms with van der Waals surface area (Å²) in [5, 5.41) is 8.72. The Morgan fingerprint density at radius 3 is 2.61 bits per heavy atom. The molecule has 0 radical (unpaired) electrons. The smallest absolute Gasteiger partial charge is 0.0991 e. The summed E-state index contributed by atoms with van der Waals surface area (Å²) in [5.74, 6) is 0. The minimum absolute atomic E-state index is 0.305. The molecule has 1 fully saturated rings. The molecule has 2 rings (SSSR count). The molecule has 3 nitrogen and oxygen atoms in total. The number of methoxy groups -OCH3 is 1. The molecule has 0 saturated heterocycles. The highest BCUT2D eigenvalue weighted by Gasteiger charge is 2.21. The molecular formula is C15H19NO2. The minimum Gasteiger partial charge on any atom is -0.381 e. The first-order valence-corrected chi connectivity index (χ1v) is 6.45. The summed E-state index contributed by atoms with van der Waals surface area (Å²) in [6.07, 6.45) is 5.09. The molecule has 2 atom stereocenters. The minimum atomic E-state index is 0.305. The third-order valence-corrected chi connectivity index (χ3v) is 3.48. The molecule has 1 saturated carbocycles. The lowest BCUT2D eigenvalue weighted by Gasteiger charge is -2.28. The molecule has 1 aliphatic rings. The second kappa shape index (κ2) is 6.53. The quantitative estimate of drug-likeness (QED) is 0.818. The van der Waals surface area contributed by atoms with Gasteiger partial charge in [0, 0.05) is 7.11 Å². The second-order valence-electron chi connectivity index (χ2n) is 4.77. The normalized spacial score (nSPS) is 23.6. The van der Waals surface area contributed by atoms with E-state index >= 15 is 0 Å². The molecule has 2 unspecified atom stereocenters. The first-order valence-electron chi connectivity index (χ1n) is 6.45. The zero-order valence-electron chi connectivity index (χ0n) is 10.8. The van der Waals surface area contributed by atoms with Gasteiger partial charge >= 0.3 is 0 Å². The first kappa shape index (κ1) is 13.1. The standard InChI is InChI=1S/C15H19NO2/c1-17-14-3-2-4-15(9-14)18-11-13-7-5-12(10-16)6-8-13/h5-8,14-15H,2-4,9,11H2,1H3. The van der Waals surface area contributed by atoms with Crippen molar-refractivity contribution in [1.82, 2.24) is 0 Å². The van der Waals surface area contributed by atoms with Crippen LogP contribution < -0.4 is 0 Å².